The summed E-state index contributed by atoms with van der Waals surface area (Å²) in [6.07, 6.45) is 5.15. The van der Waals surface area contributed by atoms with Gasteiger partial charge in [0, 0.05) is 17.8 Å². The number of carboxylic acids is 1. The Morgan fingerprint density at radius 3 is 2.71 bits per heavy atom. The molecule has 1 aromatic heterocycles. The number of nitrogens with zero attached hydrogens (tertiary/aromatic N) is 2. The summed E-state index contributed by atoms with van der Waals surface area (Å²) in [7, 11) is 0. The molecule has 0 bridgehead atoms. The Labute approximate surface area is 124 Å². The number of aliphatic carboxylic acids is 1. The fourth-order valence-electron chi connectivity index (χ4n) is 2.25. The summed E-state index contributed by atoms with van der Waals surface area (Å²) >= 11 is 0. The summed E-state index contributed by atoms with van der Waals surface area (Å²) in [5.74, 6) is -0.806. The van der Waals surface area contributed by atoms with Gasteiger partial charge in [0.2, 0.25) is 0 Å². The van der Waals surface area contributed by atoms with Crippen LogP contribution >= 0.6 is 0 Å². The minimum atomic E-state index is -0.806. The number of benzene rings is 1. The highest BCUT2D eigenvalue weighted by Crippen LogP contribution is 2.15. The van der Waals surface area contributed by atoms with E-state index < -0.39 is 12.0 Å². The highest BCUT2D eigenvalue weighted by molar-refractivity contribution is 5.73. The highest BCUT2D eigenvalue weighted by atomic mass is 16.4. The first-order valence-electron chi connectivity index (χ1n) is 7.20. The molecule has 2 aromatic rings. The smallest absolute Gasteiger partial charge is 0.320 e. The van der Waals surface area contributed by atoms with Gasteiger partial charge < -0.3 is 5.11 Å². The lowest BCUT2D eigenvalue weighted by Gasteiger charge is -2.18. The Kier molecular flexibility index (Phi) is 5.11. The van der Waals surface area contributed by atoms with Crippen molar-refractivity contribution in [3.05, 3.63) is 48.3 Å². The van der Waals surface area contributed by atoms with E-state index >= 15 is 0 Å². The van der Waals surface area contributed by atoms with Gasteiger partial charge in [0.25, 0.3) is 0 Å². The first kappa shape index (κ1) is 15.3. The van der Waals surface area contributed by atoms with Crippen molar-refractivity contribution in [3.63, 3.8) is 0 Å². The Morgan fingerprint density at radius 2 is 2.10 bits per heavy atom. The number of carboxylic acid groups (broad SMARTS) is 1. The second kappa shape index (κ2) is 7.04. The lowest BCUT2D eigenvalue weighted by Crippen LogP contribution is -2.38. The molecule has 2 atom stereocenters. The number of rotatable bonds is 7. The van der Waals surface area contributed by atoms with Crippen LogP contribution in [-0.4, -0.2) is 26.9 Å². The number of carbonyl (C=O) groups is 1. The van der Waals surface area contributed by atoms with Crippen LogP contribution in [0.4, 0.5) is 0 Å². The van der Waals surface area contributed by atoms with Crippen molar-refractivity contribution in [2.24, 2.45) is 0 Å². The van der Waals surface area contributed by atoms with Crippen LogP contribution in [0.1, 0.15) is 38.3 Å². The Morgan fingerprint density at radius 1 is 1.38 bits per heavy atom. The minimum Gasteiger partial charge on any atom is -0.480 e. The monoisotopic (exact) mass is 287 g/mol. The molecule has 2 rings (SSSR count). The van der Waals surface area contributed by atoms with E-state index in [0.717, 1.165) is 17.7 Å². The fourth-order valence-corrected chi connectivity index (χ4v) is 2.25. The average molecular weight is 287 g/mol. The predicted octanol–water partition coefficient (Wildman–Crippen LogP) is 2.78. The number of aromatic nitrogens is 2. The van der Waals surface area contributed by atoms with Gasteiger partial charge in [-0.2, -0.15) is 5.10 Å². The SMILES string of the molecule is CCCC(NC(C)c1cnn(-c2ccccc2)c1)C(=O)O. The van der Waals surface area contributed by atoms with E-state index in [9.17, 15) is 9.90 Å². The van der Waals surface area contributed by atoms with Gasteiger partial charge in [-0.15, -0.1) is 0 Å². The molecule has 5 heteroatoms. The normalized spacial score (nSPS) is 13.8. The molecule has 1 heterocycles. The number of hydrogen-bond acceptors (Lipinski definition) is 3. The lowest BCUT2D eigenvalue weighted by atomic mass is 10.1. The molecule has 1 aromatic carbocycles. The molecule has 5 nitrogen and oxygen atoms in total. The van der Waals surface area contributed by atoms with Crippen LogP contribution < -0.4 is 5.32 Å². The maximum atomic E-state index is 11.2. The Balaban J connectivity index is 2.08. The molecule has 112 valence electrons. The molecule has 0 saturated carbocycles. The van der Waals surface area contributed by atoms with Gasteiger partial charge >= 0.3 is 5.97 Å². The van der Waals surface area contributed by atoms with Gasteiger partial charge in [0.15, 0.2) is 0 Å². The summed E-state index contributed by atoms with van der Waals surface area (Å²) in [6.45, 7) is 3.94. The van der Waals surface area contributed by atoms with Gasteiger partial charge in [-0.1, -0.05) is 31.5 Å². The molecule has 2 unspecified atom stereocenters. The van der Waals surface area contributed by atoms with Gasteiger partial charge in [-0.3, -0.25) is 10.1 Å². The van der Waals surface area contributed by atoms with Crippen molar-refractivity contribution >= 4 is 5.97 Å². The predicted molar refractivity (Wildman–Crippen MR) is 81.4 cm³/mol. The van der Waals surface area contributed by atoms with Crippen molar-refractivity contribution in [1.29, 1.82) is 0 Å². The van der Waals surface area contributed by atoms with Crippen molar-refractivity contribution in [3.8, 4) is 5.69 Å². The second-order valence-electron chi connectivity index (χ2n) is 5.12. The van der Waals surface area contributed by atoms with E-state index in [1.54, 1.807) is 10.9 Å². The van der Waals surface area contributed by atoms with Crippen LogP contribution in [0, 0.1) is 0 Å². The van der Waals surface area contributed by atoms with Crippen LogP contribution in [0.3, 0.4) is 0 Å². The van der Waals surface area contributed by atoms with Crippen LogP contribution in [-0.2, 0) is 4.79 Å². The van der Waals surface area contributed by atoms with Gasteiger partial charge in [-0.25, -0.2) is 4.68 Å². The zero-order valence-corrected chi connectivity index (χ0v) is 12.4. The number of hydrogen-bond donors (Lipinski definition) is 2. The second-order valence-corrected chi connectivity index (χ2v) is 5.12. The highest BCUT2D eigenvalue weighted by Gasteiger charge is 2.20. The minimum absolute atomic E-state index is 0.0601. The zero-order valence-electron chi connectivity index (χ0n) is 12.4. The lowest BCUT2D eigenvalue weighted by molar-refractivity contribution is -0.139. The van der Waals surface area contributed by atoms with Crippen LogP contribution in [0.5, 0.6) is 0 Å². The van der Waals surface area contributed by atoms with Gasteiger partial charge in [0.05, 0.1) is 11.9 Å². The molecule has 0 amide bonds. The molecule has 2 N–H and O–H groups in total. The largest absolute Gasteiger partial charge is 0.480 e. The van der Waals surface area contributed by atoms with Gasteiger partial charge in [0.1, 0.15) is 6.04 Å². The van der Waals surface area contributed by atoms with E-state index in [2.05, 4.69) is 10.4 Å². The average Bonchev–Trinajstić information content (AvgIpc) is 2.97. The third-order valence-corrected chi connectivity index (χ3v) is 3.45. The quantitative estimate of drug-likeness (QED) is 0.821. The molecule has 0 aliphatic heterocycles. The van der Waals surface area contributed by atoms with Crippen molar-refractivity contribution in [1.82, 2.24) is 15.1 Å². The first-order chi connectivity index (χ1) is 10.1. The molecule has 21 heavy (non-hydrogen) atoms. The van der Waals surface area contributed by atoms with Crippen LogP contribution in [0.2, 0.25) is 0 Å². The number of para-hydroxylation sites is 1. The molecule has 0 saturated heterocycles. The summed E-state index contributed by atoms with van der Waals surface area (Å²) in [5, 5.41) is 16.7. The van der Waals surface area contributed by atoms with Crippen LogP contribution in [0.15, 0.2) is 42.7 Å². The Hall–Kier alpha value is -2.14. The van der Waals surface area contributed by atoms with Crippen molar-refractivity contribution < 1.29 is 9.90 Å². The maximum absolute atomic E-state index is 11.2. The Bertz CT molecular complexity index is 580. The third-order valence-electron chi connectivity index (χ3n) is 3.45. The summed E-state index contributed by atoms with van der Waals surface area (Å²) in [4.78, 5) is 11.2. The number of nitrogens with one attached hydrogen (secondary N) is 1. The summed E-state index contributed by atoms with van der Waals surface area (Å²) in [5.41, 5.74) is 1.96. The topological polar surface area (TPSA) is 67.2 Å². The van der Waals surface area contributed by atoms with E-state index in [1.807, 2.05) is 50.4 Å². The van der Waals surface area contributed by atoms with Crippen molar-refractivity contribution in [2.45, 2.75) is 38.8 Å². The molecule has 0 fully saturated rings. The van der Waals surface area contributed by atoms with E-state index in [0.29, 0.717) is 6.42 Å². The summed E-state index contributed by atoms with van der Waals surface area (Å²) in [6, 6.07) is 9.25. The first-order valence-corrected chi connectivity index (χ1v) is 7.20. The molecular weight excluding hydrogens is 266 g/mol. The molecular formula is C16H21N3O2. The molecule has 0 aliphatic rings. The fraction of sp³-hybridized carbons (Fsp3) is 0.375. The van der Waals surface area contributed by atoms with E-state index in [4.69, 9.17) is 0 Å². The molecule has 0 aliphatic carbocycles. The molecule has 0 spiro atoms. The van der Waals surface area contributed by atoms with E-state index in [1.165, 1.54) is 0 Å². The molecule has 0 radical (unpaired) electrons. The standard InChI is InChI=1S/C16H21N3O2/c1-3-7-15(16(20)21)18-12(2)13-10-17-19(11-13)14-8-5-4-6-9-14/h4-6,8-12,15,18H,3,7H2,1-2H3,(H,20,21). The van der Waals surface area contributed by atoms with Crippen LogP contribution in [0.25, 0.3) is 5.69 Å². The summed E-state index contributed by atoms with van der Waals surface area (Å²) < 4.78 is 1.79. The third kappa shape index (κ3) is 3.92. The van der Waals surface area contributed by atoms with Crippen molar-refractivity contribution in [2.75, 3.05) is 0 Å². The zero-order chi connectivity index (χ0) is 15.2. The van der Waals surface area contributed by atoms with Gasteiger partial charge in [-0.05, 0) is 25.5 Å². The van der Waals surface area contributed by atoms with E-state index in [-0.39, 0.29) is 6.04 Å². The maximum Gasteiger partial charge on any atom is 0.320 e.